The number of aliphatic hydroxyl groups is 1. The molecule has 92 valence electrons. The number of rotatable bonds is 2. The van der Waals surface area contributed by atoms with E-state index in [9.17, 15) is 0 Å². The van der Waals surface area contributed by atoms with E-state index in [-0.39, 0.29) is 18.8 Å². The van der Waals surface area contributed by atoms with Crippen molar-refractivity contribution >= 4 is 5.84 Å². The highest BCUT2D eigenvalue weighted by atomic mass is 16.5. The lowest BCUT2D eigenvalue weighted by molar-refractivity contribution is -0.0560. The Morgan fingerprint density at radius 2 is 2.18 bits per heavy atom. The van der Waals surface area contributed by atoms with Crippen LogP contribution in [0, 0.1) is 5.41 Å². The molecule has 1 fully saturated rings. The lowest BCUT2D eigenvalue weighted by Crippen LogP contribution is -2.52. The molecule has 1 saturated heterocycles. The minimum Gasteiger partial charge on any atom is -0.394 e. The van der Waals surface area contributed by atoms with Gasteiger partial charge >= 0.3 is 0 Å². The topological polar surface area (TPSA) is 56.6 Å². The van der Waals surface area contributed by atoms with Crippen molar-refractivity contribution in [3.05, 3.63) is 35.9 Å². The predicted molar refractivity (Wildman–Crippen MR) is 66.3 cm³/mol. The summed E-state index contributed by atoms with van der Waals surface area (Å²) < 4.78 is 5.47. The summed E-state index contributed by atoms with van der Waals surface area (Å²) >= 11 is 0. The van der Waals surface area contributed by atoms with Crippen molar-refractivity contribution in [2.45, 2.75) is 19.1 Å². The van der Waals surface area contributed by atoms with Crippen LogP contribution < -0.4 is 0 Å². The number of aliphatic hydroxyl groups excluding tert-OH is 1. The van der Waals surface area contributed by atoms with Gasteiger partial charge in [0.05, 0.1) is 25.4 Å². The SMILES string of the molecule is CC1COC(CO)CN1C(=N)c1ccccc1. The molecule has 2 rings (SSSR count). The van der Waals surface area contributed by atoms with Gasteiger partial charge < -0.3 is 14.7 Å². The highest BCUT2D eigenvalue weighted by Gasteiger charge is 2.27. The van der Waals surface area contributed by atoms with Gasteiger partial charge in [0.1, 0.15) is 5.84 Å². The standard InChI is InChI=1S/C13H18N2O2/c1-10-9-17-12(8-16)7-15(10)13(14)11-5-3-2-4-6-11/h2-6,10,12,14,16H,7-9H2,1H3. The van der Waals surface area contributed by atoms with E-state index in [0.717, 1.165) is 5.56 Å². The van der Waals surface area contributed by atoms with Crippen LogP contribution in [0.5, 0.6) is 0 Å². The van der Waals surface area contributed by atoms with Crippen LogP contribution in [0.1, 0.15) is 12.5 Å². The molecule has 17 heavy (non-hydrogen) atoms. The minimum atomic E-state index is -0.185. The Balaban J connectivity index is 2.12. The first-order chi connectivity index (χ1) is 8.22. The van der Waals surface area contributed by atoms with Crippen LogP contribution in [-0.4, -0.2) is 47.7 Å². The normalized spacial score (nSPS) is 24.7. The van der Waals surface area contributed by atoms with E-state index < -0.39 is 0 Å². The zero-order valence-corrected chi connectivity index (χ0v) is 9.97. The van der Waals surface area contributed by atoms with Crippen LogP contribution in [-0.2, 0) is 4.74 Å². The summed E-state index contributed by atoms with van der Waals surface area (Å²) in [5.41, 5.74) is 0.901. The van der Waals surface area contributed by atoms with Gasteiger partial charge in [-0.1, -0.05) is 30.3 Å². The zero-order valence-electron chi connectivity index (χ0n) is 9.97. The molecule has 0 radical (unpaired) electrons. The molecule has 1 aromatic carbocycles. The van der Waals surface area contributed by atoms with Gasteiger partial charge in [-0.2, -0.15) is 0 Å². The second-order valence-corrected chi connectivity index (χ2v) is 4.35. The maximum Gasteiger partial charge on any atom is 0.128 e. The maximum absolute atomic E-state index is 9.13. The van der Waals surface area contributed by atoms with Gasteiger partial charge in [0, 0.05) is 12.1 Å². The number of nitrogens with zero attached hydrogens (tertiary/aromatic N) is 1. The summed E-state index contributed by atoms with van der Waals surface area (Å²) in [6, 6.07) is 9.83. The monoisotopic (exact) mass is 234 g/mol. The van der Waals surface area contributed by atoms with E-state index in [1.165, 1.54) is 0 Å². The van der Waals surface area contributed by atoms with Crippen molar-refractivity contribution < 1.29 is 9.84 Å². The minimum absolute atomic E-state index is 0.00525. The predicted octanol–water partition coefficient (Wildman–Crippen LogP) is 1.09. The van der Waals surface area contributed by atoms with Crippen LogP contribution in [0.3, 0.4) is 0 Å². The molecule has 1 heterocycles. The Bertz CT molecular complexity index is 380. The largest absolute Gasteiger partial charge is 0.394 e. The van der Waals surface area contributed by atoms with Crippen molar-refractivity contribution in [2.24, 2.45) is 0 Å². The zero-order chi connectivity index (χ0) is 12.3. The molecule has 4 nitrogen and oxygen atoms in total. The van der Waals surface area contributed by atoms with Gasteiger partial charge in [-0.3, -0.25) is 5.41 Å². The number of hydrogen-bond donors (Lipinski definition) is 2. The first kappa shape index (κ1) is 12.1. The Morgan fingerprint density at radius 3 is 2.82 bits per heavy atom. The fourth-order valence-corrected chi connectivity index (χ4v) is 2.00. The third kappa shape index (κ3) is 2.65. The molecule has 0 saturated carbocycles. The van der Waals surface area contributed by atoms with Crippen molar-refractivity contribution in [1.29, 1.82) is 5.41 Å². The lowest BCUT2D eigenvalue weighted by Gasteiger charge is -2.39. The van der Waals surface area contributed by atoms with Gasteiger partial charge in [0.15, 0.2) is 0 Å². The Labute approximate surface area is 101 Å². The molecule has 2 atom stereocenters. The van der Waals surface area contributed by atoms with Crippen molar-refractivity contribution in [3.8, 4) is 0 Å². The first-order valence-electron chi connectivity index (χ1n) is 5.85. The van der Waals surface area contributed by atoms with E-state index >= 15 is 0 Å². The van der Waals surface area contributed by atoms with Crippen molar-refractivity contribution in [1.82, 2.24) is 4.90 Å². The average Bonchev–Trinajstić information content (AvgIpc) is 2.39. The van der Waals surface area contributed by atoms with E-state index in [0.29, 0.717) is 19.0 Å². The molecule has 1 aliphatic rings. The van der Waals surface area contributed by atoms with Crippen LogP contribution in [0.25, 0.3) is 0 Å². The molecule has 0 bridgehead atoms. The Kier molecular flexibility index (Phi) is 3.76. The molecule has 4 heteroatoms. The van der Waals surface area contributed by atoms with Crippen LogP contribution in [0.2, 0.25) is 0 Å². The number of ether oxygens (including phenoxy) is 1. The van der Waals surface area contributed by atoms with Crippen molar-refractivity contribution in [3.63, 3.8) is 0 Å². The quantitative estimate of drug-likeness (QED) is 0.595. The molecule has 0 aromatic heterocycles. The molecular formula is C13H18N2O2. The Hall–Kier alpha value is -1.39. The number of morpholine rings is 1. The van der Waals surface area contributed by atoms with E-state index in [1.807, 2.05) is 42.2 Å². The third-order valence-corrected chi connectivity index (χ3v) is 3.04. The average molecular weight is 234 g/mol. The number of amidine groups is 1. The highest BCUT2D eigenvalue weighted by molar-refractivity contribution is 5.96. The summed E-state index contributed by atoms with van der Waals surface area (Å²) in [7, 11) is 0. The second kappa shape index (κ2) is 5.29. The van der Waals surface area contributed by atoms with Gasteiger partial charge in [-0.25, -0.2) is 0 Å². The van der Waals surface area contributed by atoms with Crippen molar-refractivity contribution in [2.75, 3.05) is 19.8 Å². The molecule has 1 aliphatic heterocycles. The van der Waals surface area contributed by atoms with Gasteiger partial charge in [-0.15, -0.1) is 0 Å². The number of nitrogens with one attached hydrogen (secondary N) is 1. The fraction of sp³-hybridized carbons (Fsp3) is 0.462. The Morgan fingerprint density at radius 1 is 1.47 bits per heavy atom. The number of benzene rings is 1. The number of hydrogen-bond acceptors (Lipinski definition) is 3. The summed E-state index contributed by atoms with van der Waals surface area (Å²) in [5.74, 6) is 0.500. The second-order valence-electron chi connectivity index (χ2n) is 4.35. The highest BCUT2D eigenvalue weighted by Crippen LogP contribution is 2.15. The molecule has 2 unspecified atom stereocenters. The lowest BCUT2D eigenvalue weighted by atomic mass is 10.1. The first-order valence-corrected chi connectivity index (χ1v) is 5.85. The molecule has 2 N–H and O–H groups in total. The van der Waals surface area contributed by atoms with Gasteiger partial charge in [-0.05, 0) is 6.92 Å². The molecule has 0 amide bonds. The maximum atomic E-state index is 9.13. The van der Waals surface area contributed by atoms with E-state index in [4.69, 9.17) is 15.3 Å². The molecule has 0 aliphatic carbocycles. The summed E-state index contributed by atoms with van der Waals surface area (Å²) in [6.45, 7) is 3.17. The van der Waals surface area contributed by atoms with Gasteiger partial charge in [0.2, 0.25) is 0 Å². The molecular weight excluding hydrogens is 216 g/mol. The van der Waals surface area contributed by atoms with Crippen LogP contribution in [0.15, 0.2) is 30.3 Å². The van der Waals surface area contributed by atoms with Crippen LogP contribution >= 0.6 is 0 Å². The van der Waals surface area contributed by atoms with E-state index in [2.05, 4.69) is 0 Å². The fourth-order valence-electron chi connectivity index (χ4n) is 2.00. The molecule has 0 spiro atoms. The summed E-state index contributed by atoms with van der Waals surface area (Å²) in [6.07, 6.45) is -0.185. The van der Waals surface area contributed by atoms with Crippen LogP contribution in [0.4, 0.5) is 0 Å². The summed E-state index contributed by atoms with van der Waals surface area (Å²) in [5, 5.41) is 17.3. The summed E-state index contributed by atoms with van der Waals surface area (Å²) in [4.78, 5) is 1.99. The third-order valence-electron chi connectivity index (χ3n) is 3.04. The van der Waals surface area contributed by atoms with E-state index in [1.54, 1.807) is 0 Å². The van der Waals surface area contributed by atoms with Gasteiger partial charge in [0.25, 0.3) is 0 Å². The smallest absolute Gasteiger partial charge is 0.128 e. The molecule has 1 aromatic rings.